The van der Waals surface area contributed by atoms with Gasteiger partial charge < -0.3 is 9.88 Å². The zero-order valence-electron chi connectivity index (χ0n) is 11.9. The molecule has 0 saturated heterocycles. The number of amides is 1. The number of pyridine rings is 1. The summed E-state index contributed by atoms with van der Waals surface area (Å²) in [7, 11) is 0. The van der Waals surface area contributed by atoms with E-state index in [2.05, 4.69) is 5.32 Å². The van der Waals surface area contributed by atoms with Crippen LogP contribution in [0.15, 0.2) is 29.1 Å². The van der Waals surface area contributed by atoms with Gasteiger partial charge in [-0.25, -0.2) is 4.39 Å². The van der Waals surface area contributed by atoms with Crippen molar-refractivity contribution in [2.24, 2.45) is 0 Å². The van der Waals surface area contributed by atoms with E-state index in [-0.39, 0.29) is 17.5 Å². The Bertz CT molecular complexity index is 763. The minimum atomic E-state index is -0.415. The van der Waals surface area contributed by atoms with Gasteiger partial charge in [-0.1, -0.05) is 0 Å². The van der Waals surface area contributed by atoms with Crippen molar-refractivity contribution in [3.8, 4) is 0 Å². The van der Waals surface area contributed by atoms with Crippen LogP contribution in [0.2, 0.25) is 0 Å². The number of hydrogen-bond acceptors (Lipinski definition) is 2. The lowest BCUT2D eigenvalue weighted by Crippen LogP contribution is -2.41. The van der Waals surface area contributed by atoms with E-state index in [1.54, 1.807) is 6.07 Å². The van der Waals surface area contributed by atoms with E-state index in [1.807, 2.05) is 6.92 Å². The Morgan fingerprint density at radius 1 is 1.38 bits per heavy atom. The molecule has 1 amide bonds. The standard InChI is InChI=1S/C16H17FN2O2/c1-2-19-14(15(20)18-12-4-3-5-12)9-10-8-11(17)6-7-13(10)16(19)21/h6-9,12H,2-5H2,1H3,(H,18,20). The number of carbonyl (C=O) groups excluding carboxylic acids is 1. The van der Waals surface area contributed by atoms with Crippen molar-refractivity contribution in [1.82, 2.24) is 9.88 Å². The summed E-state index contributed by atoms with van der Waals surface area (Å²) < 4.78 is 14.8. The molecule has 0 radical (unpaired) electrons. The predicted molar refractivity (Wildman–Crippen MR) is 78.9 cm³/mol. The zero-order chi connectivity index (χ0) is 15.0. The topological polar surface area (TPSA) is 51.1 Å². The molecule has 2 aromatic rings. The third kappa shape index (κ3) is 2.44. The molecule has 1 aliphatic carbocycles. The molecule has 5 heteroatoms. The number of rotatable bonds is 3. The van der Waals surface area contributed by atoms with E-state index in [1.165, 1.54) is 22.8 Å². The fourth-order valence-electron chi connectivity index (χ4n) is 2.64. The van der Waals surface area contributed by atoms with Gasteiger partial charge in [0.15, 0.2) is 0 Å². The lowest BCUT2D eigenvalue weighted by atomic mass is 9.93. The summed E-state index contributed by atoms with van der Waals surface area (Å²) in [5, 5.41) is 3.81. The van der Waals surface area contributed by atoms with Crippen molar-refractivity contribution in [1.29, 1.82) is 0 Å². The molecule has 3 rings (SSSR count). The van der Waals surface area contributed by atoms with Crippen LogP contribution in [0.5, 0.6) is 0 Å². The molecule has 4 nitrogen and oxygen atoms in total. The number of fused-ring (bicyclic) bond motifs is 1. The van der Waals surface area contributed by atoms with E-state index in [4.69, 9.17) is 0 Å². The van der Waals surface area contributed by atoms with Gasteiger partial charge in [-0.05, 0) is 55.8 Å². The lowest BCUT2D eigenvalue weighted by Gasteiger charge is -2.26. The van der Waals surface area contributed by atoms with Gasteiger partial charge in [0.25, 0.3) is 11.5 Å². The Kier molecular flexibility index (Phi) is 3.49. The number of nitrogens with one attached hydrogen (secondary N) is 1. The van der Waals surface area contributed by atoms with Crippen LogP contribution >= 0.6 is 0 Å². The second kappa shape index (κ2) is 5.31. The molecule has 0 bridgehead atoms. The predicted octanol–water partition coefficient (Wildman–Crippen LogP) is 2.44. The third-order valence-corrected chi connectivity index (χ3v) is 4.06. The molecule has 1 saturated carbocycles. The molecular formula is C16H17FN2O2. The van der Waals surface area contributed by atoms with Crippen LogP contribution in [0.3, 0.4) is 0 Å². The van der Waals surface area contributed by atoms with E-state index >= 15 is 0 Å². The molecule has 0 atom stereocenters. The number of aromatic nitrogens is 1. The fourth-order valence-corrected chi connectivity index (χ4v) is 2.64. The number of halogens is 1. The first-order valence-electron chi connectivity index (χ1n) is 7.24. The van der Waals surface area contributed by atoms with Gasteiger partial charge in [0.2, 0.25) is 0 Å². The maximum atomic E-state index is 13.3. The molecular weight excluding hydrogens is 271 g/mol. The van der Waals surface area contributed by atoms with Gasteiger partial charge >= 0.3 is 0 Å². The van der Waals surface area contributed by atoms with Crippen molar-refractivity contribution >= 4 is 16.7 Å². The Balaban J connectivity index is 2.11. The van der Waals surface area contributed by atoms with E-state index < -0.39 is 5.82 Å². The van der Waals surface area contributed by atoms with Crippen molar-refractivity contribution in [3.05, 3.63) is 46.1 Å². The molecule has 0 aliphatic heterocycles. The zero-order valence-corrected chi connectivity index (χ0v) is 11.9. The van der Waals surface area contributed by atoms with E-state index in [0.717, 1.165) is 19.3 Å². The van der Waals surface area contributed by atoms with Gasteiger partial charge in [0, 0.05) is 18.0 Å². The minimum Gasteiger partial charge on any atom is -0.348 e. The lowest BCUT2D eigenvalue weighted by molar-refractivity contribution is 0.0906. The number of hydrogen-bond donors (Lipinski definition) is 1. The quantitative estimate of drug-likeness (QED) is 0.943. The summed E-state index contributed by atoms with van der Waals surface area (Å²) in [6.45, 7) is 2.22. The molecule has 21 heavy (non-hydrogen) atoms. The molecule has 1 aromatic carbocycles. The van der Waals surface area contributed by atoms with E-state index in [9.17, 15) is 14.0 Å². The molecule has 1 heterocycles. The second-order valence-electron chi connectivity index (χ2n) is 5.41. The summed E-state index contributed by atoms with van der Waals surface area (Å²) >= 11 is 0. The Morgan fingerprint density at radius 3 is 2.76 bits per heavy atom. The van der Waals surface area contributed by atoms with Crippen LogP contribution in [-0.4, -0.2) is 16.5 Å². The van der Waals surface area contributed by atoms with Gasteiger partial charge in [0.1, 0.15) is 11.5 Å². The highest BCUT2D eigenvalue weighted by Gasteiger charge is 2.22. The number of carbonyl (C=O) groups is 1. The van der Waals surface area contributed by atoms with Crippen LogP contribution < -0.4 is 10.9 Å². The average Bonchev–Trinajstić information content (AvgIpc) is 2.42. The Hall–Kier alpha value is -2.17. The molecule has 1 aliphatic rings. The first-order chi connectivity index (χ1) is 10.1. The average molecular weight is 288 g/mol. The largest absolute Gasteiger partial charge is 0.348 e. The van der Waals surface area contributed by atoms with Crippen molar-refractivity contribution in [2.75, 3.05) is 0 Å². The summed E-state index contributed by atoms with van der Waals surface area (Å²) in [6, 6.07) is 5.81. The van der Waals surface area contributed by atoms with Crippen molar-refractivity contribution in [2.45, 2.75) is 38.8 Å². The van der Waals surface area contributed by atoms with Crippen LogP contribution in [-0.2, 0) is 6.54 Å². The van der Waals surface area contributed by atoms with E-state index in [0.29, 0.717) is 23.0 Å². The van der Waals surface area contributed by atoms with Crippen molar-refractivity contribution < 1.29 is 9.18 Å². The fraction of sp³-hybridized carbons (Fsp3) is 0.375. The Morgan fingerprint density at radius 2 is 2.14 bits per heavy atom. The summed E-state index contributed by atoms with van der Waals surface area (Å²) in [6.07, 6.45) is 3.07. The van der Waals surface area contributed by atoms with Gasteiger partial charge in [-0.3, -0.25) is 9.59 Å². The third-order valence-electron chi connectivity index (χ3n) is 4.06. The Labute approximate surface area is 121 Å². The molecule has 0 unspecified atom stereocenters. The smallest absolute Gasteiger partial charge is 0.268 e. The molecule has 1 aromatic heterocycles. The van der Waals surface area contributed by atoms with Crippen LogP contribution in [0.25, 0.3) is 10.8 Å². The van der Waals surface area contributed by atoms with Gasteiger partial charge in [-0.2, -0.15) is 0 Å². The molecule has 110 valence electrons. The highest BCUT2D eigenvalue weighted by molar-refractivity contribution is 5.96. The maximum Gasteiger partial charge on any atom is 0.268 e. The second-order valence-corrected chi connectivity index (χ2v) is 5.41. The van der Waals surface area contributed by atoms with Crippen LogP contribution in [0.4, 0.5) is 4.39 Å². The monoisotopic (exact) mass is 288 g/mol. The molecule has 0 spiro atoms. The van der Waals surface area contributed by atoms with Crippen LogP contribution in [0, 0.1) is 5.82 Å². The number of benzene rings is 1. The molecule has 1 N–H and O–H groups in total. The molecule has 1 fully saturated rings. The highest BCUT2D eigenvalue weighted by atomic mass is 19.1. The SMILES string of the molecule is CCn1c(C(=O)NC2CCC2)cc2cc(F)ccc2c1=O. The van der Waals surface area contributed by atoms with Gasteiger partial charge in [-0.15, -0.1) is 0 Å². The highest BCUT2D eigenvalue weighted by Crippen LogP contribution is 2.19. The number of nitrogens with zero attached hydrogens (tertiary/aromatic N) is 1. The summed E-state index contributed by atoms with van der Waals surface area (Å²) in [4.78, 5) is 24.8. The first kappa shape index (κ1) is 13.8. The maximum absolute atomic E-state index is 13.3. The first-order valence-corrected chi connectivity index (χ1v) is 7.24. The normalized spacial score (nSPS) is 15.0. The van der Waals surface area contributed by atoms with Gasteiger partial charge in [0.05, 0.1) is 0 Å². The minimum absolute atomic E-state index is 0.195. The van der Waals surface area contributed by atoms with Crippen molar-refractivity contribution in [3.63, 3.8) is 0 Å². The van der Waals surface area contributed by atoms with Crippen LogP contribution in [0.1, 0.15) is 36.7 Å². The summed E-state index contributed by atoms with van der Waals surface area (Å²) in [5.41, 5.74) is 0.0428. The summed E-state index contributed by atoms with van der Waals surface area (Å²) in [5.74, 6) is -0.675.